The average molecular weight is 326 g/mol. The van der Waals surface area contributed by atoms with Crippen molar-refractivity contribution in [3.63, 3.8) is 0 Å². The molecule has 0 aromatic carbocycles. The number of hydrogen-bond acceptors (Lipinski definition) is 8. The number of esters is 4. The van der Waals surface area contributed by atoms with E-state index >= 15 is 0 Å². The van der Waals surface area contributed by atoms with Crippen LogP contribution in [-0.2, 0) is 38.1 Å². The molecule has 0 unspecified atom stereocenters. The third-order valence-electron chi connectivity index (χ3n) is 3.41. The zero-order valence-electron chi connectivity index (χ0n) is 13.3. The maximum absolute atomic E-state index is 12.1. The standard InChI is InChI=1S/C15H18O8/c1-9(16)23-8-11-7-15(13(18)21-3,14(19)22-4)6-10(11)5-12(17)20-2/h5,8H,6-7H2,1-4H3/b10-5+,11-8-. The Morgan fingerprint density at radius 2 is 1.43 bits per heavy atom. The maximum Gasteiger partial charge on any atom is 0.330 e. The van der Waals surface area contributed by atoms with Crippen molar-refractivity contribution in [2.45, 2.75) is 19.8 Å². The molecule has 1 saturated carbocycles. The van der Waals surface area contributed by atoms with Crippen LogP contribution in [0.2, 0.25) is 0 Å². The monoisotopic (exact) mass is 326 g/mol. The highest BCUT2D eigenvalue weighted by Gasteiger charge is 2.54. The van der Waals surface area contributed by atoms with Crippen LogP contribution in [0, 0.1) is 5.41 Å². The second-order valence-electron chi connectivity index (χ2n) is 4.86. The molecule has 1 aliphatic rings. The van der Waals surface area contributed by atoms with E-state index in [-0.39, 0.29) is 12.8 Å². The molecule has 1 aliphatic carbocycles. The molecule has 0 aliphatic heterocycles. The fourth-order valence-corrected chi connectivity index (χ4v) is 2.32. The van der Waals surface area contributed by atoms with Crippen molar-refractivity contribution in [2.75, 3.05) is 21.3 Å². The summed E-state index contributed by atoms with van der Waals surface area (Å²) in [5, 5.41) is 0. The van der Waals surface area contributed by atoms with Gasteiger partial charge in [-0.25, -0.2) is 4.79 Å². The van der Waals surface area contributed by atoms with Gasteiger partial charge < -0.3 is 18.9 Å². The minimum Gasteiger partial charge on any atom is -0.468 e. The second-order valence-corrected chi connectivity index (χ2v) is 4.86. The van der Waals surface area contributed by atoms with E-state index in [1.165, 1.54) is 14.0 Å². The summed E-state index contributed by atoms with van der Waals surface area (Å²) in [6.45, 7) is 1.20. The van der Waals surface area contributed by atoms with Gasteiger partial charge in [0, 0.05) is 25.8 Å². The summed E-state index contributed by atoms with van der Waals surface area (Å²) in [5.41, 5.74) is -0.967. The largest absolute Gasteiger partial charge is 0.468 e. The van der Waals surface area contributed by atoms with Crippen LogP contribution < -0.4 is 0 Å². The van der Waals surface area contributed by atoms with Crippen LogP contribution in [-0.4, -0.2) is 45.2 Å². The lowest BCUT2D eigenvalue weighted by atomic mass is 9.85. The number of hydrogen-bond donors (Lipinski definition) is 0. The number of carbonyl (C=O) groups is 4. The zero-order chi connectivity index (χ0) is 17.6. The normalized spacial score (nSPS) is 19.3. The first-order valence-electron chi connectivity index (χ1n) is 6.62. The molecule has 0 aromatic heterocycles. The second kappa shape index (κ2) is 7.57. The molecule has 0 radical (unpaired) electrons. The van der Waals surface area contributed by atoms with Crippen LogP contribution in [0.4, 0.5) is 0 Å². The molecule has 0 amide bonds. The van der Waals surface area contributed by atoms with Crippen LogP contribution in [0.3, 0.4) is 0 Å². The van der Waals surface area contributed by atoms with Crippen molar-refractivity contribution < 1.29 is 38.1 Å². The first-order chi connectivity index (χ1) is 10.8. The molecule has 0 N–H and O–H groups in total. The van der Waals surface area contributed by atoms with Gasteiger partial charge in [0.2, 0.25) is 0 Å². The molecule has 126 valence electrons. The predicted octanol–water partition coefficient (Wildman–Crippen LogP) is 0.659. The lowest BCUT2D eigenvalue weighted by Crippen LogP contribution is -2.38. The number of allylic oxidation sites excluding steroid dienone is 2. The van der Waals surface area contributed by atoms with Gasteiger partial charge in [0.1, 0.15) is 0 Å². The minimum absolute atomic E-state index is 0.123. The van der Waals surface area contributed by atoms with E-state index in [2.05, 4.69) is 4.74 Å². The van der Waals surface area contributed by atoms with Crippen LogP contribution in [0.1, 0.15) is 19.8 Å². The van der Waals surface area contributed by atoms with Crippen LogP contribution in [0.5, 0.6) is 0 Å². The highest BCUT2D eigenvalue weighted by molar-refractivity contribution is 6.02. The summed E-state index contributed by atoms with van der Waals surface area (Å²) in [4.78, 5) is 46.7. The van der Waals surface area contributed by atoms with Crippen molar-refractivity contribution >= 4 is 23.9 Å². The van der Waals surface area contributed by atoms with E-state index in [0.717, 1.165) is 26.6 Å². The third-order valence-corrected chi connectivity index (χ3v) is 3.41. The molecule has 0 atom stereocenters. The Morgan fingerprint density at radius 3 is 1.87 bits per heavy atom. The predicted molar refractivity (Wildman–Crippen MR) is 75.6 cm³/mol. The Morgan fingerprint density at radius 1 is 0.913 bits per heavy atom. The average Bonchev–Trinajstić information content (AvgIpc) is 2.90. The van der Waals surface area contributed by atoms with Crippen molar-refractivity contribution in [2.24, 2.45) is 5.41 Å². The van der Waals surface area contributed by atoms with Gasteiger partial charge in [-0.15, -0.1) is 0 Å². The van der Waals surface area contributed by atoms with Crippen LogP contribution in [0.15, 0.2) is 23.5 Å². The number of rotatable bonds is 4. The van der Waals surface area contributed by atoms with Gasteiger partial charge >= 0.3 is 23.9 Å². The van der Waals surface area contributed by atoms with Crippen molar-refractivity contribution in [1.82, 2.24) is 0 Å². The van der Waals surface area contributed by atoms with E-state index in [9.17, 15) is 19.2 Å². The molecule has 0 spiro atoms. The quantitative estimate of drug-likeness (QED) is 0.244. The number of carbonyl (C=O) groups excluding carboxylic acids is 4. The van der Waals surface area contributed by atoms with Gasteiger partial charge in [-0.3, -0.25) is 14.4 Å². The summed E-state index contributed by atoms with van der Waals surface area (Å²) in [6, 6.07) is 0. The highest BCUT2D eigenvalue weighted by atomic mass is 16.5. The molecule has 1 rings (SSSR count). The zero-order valence-corrected chi connectivity index (χ0v) is 13.3. The summed E-state index contributed by atoms with van der Waals surface area (Å²) >= 11 is 0. The first-order valence-corrected chi connectivity index (χ1v) is 6.62. The van der Waals surface area contributed by atoms with E-state index < -0.39 is 29.3 Å². The van der Waals surface area contributed by atoms with Gasteiger partial charge in [0.05, 0.1) is 27.6 Å². The maximum atomic E-state index is 12.1. The van der Waals surface area contributed by atoms with Crippen molar-refractivity contribution in [3.05, 3.63) is 23.5 Å². The molecule has 0 bridgehead atoms. The minimum atomic E-state index is -1.63. The molecular weight excluding hydrogens is 308 g/mol. The Hall–Kier alpha value is -2.64. The fourth-order valence-electron chi connectivity index (χ4n) is 2.32. The van der Waals surface area contributed by atoms with Gasteiger partial charge in [-0.2, -0.15) is 0 Å². The smallest absolute Gasteiger partial charge is 0.330 e. The molecule has 8 nitrogen and oxygen atoms in total. The third kappa shape index (κ3) is 3.97. The van der Waals surface area contributed by atoms with E-state index in [1.807, 2.05) is 0 Å². The highest BCUT2D eigenvalue weighted by Crippen LogP contribution is 2.47. The number of ether oxygens (including phenoxy) is 4. The Balaban J connectivity index is 3.34. The lowest BCUT2D eigenvalue weighted by Gasteiger charge is -2.21. The fraction of sp³-hybridized carbons (Fsp3) is 0.467. The van der Waals surface area contributed by atoms with E-state index in [4.69, 9.17) is 14.2 Å². The molecule has 0 aromatic rings. The summed E-state index contributed by atoms with van der Waals surface area (Å²) < 4.78 is 18.7. The summed E-state index contributed by atoms with van der Waals surface area (Å²) in [6.07, 6.45) is 1.98. The molecule has 1 fully saturated rings. The molecule has 23 heavy (non-hydrogen) atoms. The SMILES string of the molecule is COC(=O)/C=C1\CC(C(=O)OC)(C(=O)OC)C\C1=C\OC(C)=O. The molecular formula is C15H18O8. The van der Waals surface area contributed by atoms with Gasteiger partial charge in [0.15, 0.2) is 5.41 Å². The summed E-state index contributed by atoms with van der Waals surface area (Å²) in [5.74, 6) is -2.85. The Bertz CT molecular complexity index is 568. The lowest BCUT2D eigenvalue weighted by molar-refractivity contribution is -0.168. The van der Waals surface area contributed by atoms with Crippen molar-refractivity contribution in [1.29, 1.82) is 0 Å². The summed E-state index contributed by atoms with van der Waals surface area (Å²) in [7, 11) is 3.48. The molecule has 8 heteroatoms. The number of methoxy groups -OCH3 is 3. The van der Waals surface area contributed by atoms with Crippen LogP contribution >= 0.6 is 0 Å². The molecule has 0 heterocycles. The van der Waals surface area contributed by atoms with Crippen molar-refractivity contribution in [3.8, 4) is 0 Å². The topological polar surface area (TPSA) is 105 Å². The van der Waals surface area contributed by atoms with Gasteiger partial charge in [-0.1, -0.05) is 0 Å². The van der Waals surface area contributed by atoms with E-state index in [0.29, 0.717) is 11.1 Å². The Kier molecular flexibility index (Phi) is 6.06. The van der Waals surface area contributed by atoms with Gasteiger partial charge in [-0.05, 0) is 11.1 Å². The van der Waals surface area contributed by atoms with Gasteiger partial charge in [0.25, 0.3) is 0 Å². The van der Waals surface area contributed by atoms with Crippen LogP contribution in [0.25, 0.3) is 0 Å². The Labute approximate surface area is 133 Å². The van der Waals surface area contributed by atoms with E-state index in [1.54, 1.807) is 0 Å². The molecule has 0 saturated heterocycles. The first kappa shape index (κ1) is 18.4.